The molecule has 1 aromatic heterocycles. The molecule has 0 unspecified atom stereocenters. The van der Waals surface area contributed by atoms with Crippen molar-refractivity contribution in [1.29, 1.82) is 0 Å². The van der Waals surface area contributed by atoms with Crippen molar-refractivity contribution in [3.63, 3.8) is 0 Å². The van der Waals surface area contributed by atoms with E-state index in [1.807, 2.05) is 11.3 Å². The van der Waals surface area contributed by atoms with E-state index >= 15 is 0 Å². The van der Waals surface area contributed by atoms with Crippen LogP contribution < -0.4 is 5.32 Å². The third-order valence-corrected chi connectivity index (χ3v) is 4.87. The third kappa shape index (κ3) is 3.06. The summed E-state index contributed by atoms with van der Waals surface area (Å²) in [5.41, 5.74) is 0. The lowest BCUT2D eigenvalue weighted by atomic mass is 10.1. The van der Waals surface area contributed by atoms with Crippen LogP contribution in [-0.4, -0.2) is 31.1 Å². The second-order valence-corrected chi connectivity index (χ2v) is 6.12. The third-order valence-electron chi connectivity index (χ3n) is 3.07. The first-order chi connectivity index (χ1) is 7.81. The molecule has 1 N–H and O–H groups in total. The van der Waals surface area contributed by atoms with Gasteiger partial charge in [0.2, 0.25) is 0 Å². The molecule has 0 amide bonds. The van der Waals surface area contributed by atoms with Crippen LogP contribution in [0, 0.1) is 0 Å². The summed E-state index contributed by atoms with van der Waals surface area (Å²) in [6.45, 7) is 6.90. The molecule has 0 spiro atoms. The van der Waals surface area contributed by atoms with Gasteiger partial charge >= 0.3 is 0 Å². The van der Waals surface area contributed by atoms with E-state index in [2.05, 4.69) is 44.5 Å². The van der Waals surface area contributed by atoms with Crippen LogP contribution >= 0.6 is 27.3 Å². The Hall–Kier alpha value is 0.1000. The van der Waals surface area contributed by atoms with Crippen LogP contribution in [0.2, 0.25) is 0 Å². The number of halogens is 1. The summed E-state index contributed by atoms with van der Waals surface area (Å²) in [7, 11) is 0. The highest BCUT2D eigenvalue weighted by Gasteiger charge is 2.22. The molecule has 2 nitrogen and oxygen atoms in total. The molecule has 0 saturated carbocycles. The number of hydrogen-bond acceptors (Lipinski definition) is 3. The van der Waals surface area contributed by atoms with E-state index in [1.54, 1.807) is 0 Å². The SMILES string of the molecule is CCC[C@H](c1cc(Br)cs1)N1CCNCC1. The zero-order chi connectivity index (χ0) is 11.4. The van der Waals surface area contributed by atoms with Crippen LogP contribution in [-0.2, 0) is 0 Å². The average molecular weight is 303 g/mol. The predicted molar refractivity (Wildman–Crippen MR) is 74.1 cm³/mol. The van der Waals surface area contributed by atoms with E-state index < -0.39 is 0 Å². The van der Waals surface area contributed by atoms with Crippen molar-refractivity contribution in [2.75, 3.05) is 26.2 Å². The second kappa shape index (κ2) is 6.15. The molecule has 1 saturated heterocycles. The molecule has 1 aliphatic heterocycles. The Labute approximate surface area is 110 Å². The molecule has 90 valence electrons. The van der Waals surface area contributed by atoms with Gasteiger partial charge in [-0.1, -0.05) is 13.3 Å². The Kier molecular flexibility index (Phi) is 4.82. The predicted octanol–water partition coefficient (Wildman–Crippen LogP) is 3.26. The summed E-state index contributed by atoms with van der Waals surface area (Å²) in [6.07, 6.45) is 2.52. The lowest BCUT2D eigenvalue weighted by Crippen LogP contribution is -2.44. The summed E-state index contributed by atoms with van der Waals surface area (Å²) >= 11 is 5.44. The van der Waals surface area contributed by atoms with E-state index in [0.29, 0.717) is 6.04 Å². The fourth-order valence-corrected chi connectivity index (χ4v) is 3.89. The molecule has 0 aromatic carbocycles. The Morgan fingerprint density at radius 2 is 2.25 bits per heavy atom. The second-order valence-electron chi connectivity index (χ2n) is 4.26. The van der Waals surface area contributed by atoms with Crippen LogP contribution in [0.1, 0.15) is 30.7 Å². The van der Waals surface area contributed by atoms with Gasteiger partial charge in [-0.3, -0.25) is 4.90 Å². The highest BCUT2D eigenvalue weighted by Crippen LogP contribution is 2.32. The van der Waals surface area contributed by atoms with Gasteiger partial charge in [-0.15, -0.1) is 11.3 Å². The van der Waals surface area contributed by atoms with Crippen LogP contribution in [0.5, 0.6) is 0 Å². The lowest BCUT2D eigenvalue weighted by molar-refractivity contribution is 0.167. The smallest absolute Gasteiger partial charge is 0.0442 e. The van der Waals surface area contributed by atoms with Crippen LogP contribution in [0.15, 0.2) is 15.9 Å². The summed E-state index contributed by atoms with van der Waals surface area (Å²) in [5.74, 6) is 0. The normalized spacial score (nSPS) is 19.9. The lowest BCUT2D eigenvalue weighted by Gasteiger charge is -2.34. The van der Waals surface area contributed by atoms with Gasteiger partial charge < -0.3 is 5.32 Å². The highest BCUT2D eigenvalue weighted by atomic mass is 79.9. The molecule has 1 fully saturated rings. The van der Waals surface area contributed by atoms with Gasteiger partial charge in [0.15, 0.2) is 0 Å². The van der Waals surface area contributed by atoms with Crippen molar-refractivity contribution < 1.29 is 0 Å². The number of piperazine rings is 1. The first-order valence-corrected chi connectivity index (χ1v) is 7.67. The van der Waals surface area contributed by atoms with Gasteiger partial charge in [0.25, 0.3) is 0 Å². The monoisotopic (exact) mass is 302 g/mol. The van der Waals surface area contributed by atoms with E-state index in [4.69, 9.17) is 0 Å². The fourth-order valence-electron chi connectivity index (χ4n) is 2.28. The van der Waals surface area contributed by atoms with Crippen LogP contribution in [0.3, 0.4) is 0 Å². The molecular formula is C12H19BrN2S. The number of nitrogens with one attached hydrogen (secondary N) is 1. The van der Waals surface area contributed by atoms with Crippen molar-refractivity contribution in [1.82, 2.24) is 10.2 Å². The van der Waals surface area contributed by atoms with E-state index in [1.165, 1.54) is 35.3 Å². The highest BCUT2D eigenvalue weighted by molar-refractivity contribution is 9.10. The van der Waals surface area contributed by atoms with E-state index in [0.717, 1.165) is 13.1 Å². The molecule has 2 heterocycles. The van der Waals surface area contributed by atoms with Gasteiger partial charge in [0, 0.05) is 47.0 Å². The van der Waals surface area contributed by atoms with Gasteiger partial charge in [0.05, 0.1) is 0 Å². The maximum Gasteiger partial charge on any atom is 0.0442 e. The minimum Gasteiger partial charge on any atom is -0.314 e. The quantitative estimate of drug-likeness (QED) is 0.918. The largest absolute Gasteiger partial charge is 0.314 e. The van der Waals surface area contributed by atoms with E-state index in [-0.39, 0.29) is 0 Å². The minimum atomic E-state index is 0.628. The van der Waals surface area contributed by atoms with Crippen LogP contribution in [0.25, 0.3) is 0 Å². The molecule has 0 bridgehead atoms. The number of nitrogens with zero attached hydrogens (tertiary/aromatic N) is 1. The standard InChI is InChI=1S/C12H19BrN2S/c1-2-3-11(12-8-10(13)9-16-12)15-6-4-14-5-7-15/h8-9,11,14H,2-7H2,1H3/t11-/m1/s1. The Balaban J connectivity index is 2.09. The van der Waals surface area contributed by atoms with Gasteiger partial charge in [0.1, 0.15) is 0 Å². The molecule has 2 rings (SSSR count). The van der Waals surface area contributed by atoms with Crippen molar-refractivity contribution in [2.24, 2.45) is 0 Å². The zero-order valence-electron chi connectivity index (χ0n) is 9.71. The molecule has 0 radical (unpaired) electrons. The molecular weight excluding hydrogens is 284 g/mol. The molecule has 1 aliphatic rings. The van der Waals surface area contributed by atoms with Crippen molar-refractivity contribution >= 4 is 27.3 Å². The Bertz CT molecular complexity index is 321. The number of rotatable bonds is 4. The molecule has 1 atom stereocenters. The summed E-state index contributed by atoms with van der Waals surface area (Å²) < 4.78 is 1.23. The van der Waals surface area contributed by atoms with Crippen molar-refractivity contribution in [3.05, 3.63) is 20.8 Å². The minimum absolute atomic E-state index is 0.628. The first-order valence-electron chi connectivity index (χ1n) is 6.00. The van der Waals surface area contributed by atoms with Gasteiger partial charge in [-0.05, 0) is 28.4 Å². The maximum atomic E-state index is 3.56. The Morgan fingerprint density at radius 3 is 2.81 bits per heavy atom. The molecule has 1 aromatic rings. The zero-order valence-corrected chi connectivity index (χ0v) is 12.1. The topological polar surface area (TPSA) is 15.3 Å². The molecule has 0 aliphatic carbocycles. The number of thiophene rings is 1. The number of hydrogen-bond donors (Lipinski definition) is 1. The summed E-state index contributed by atoms with van der Waals surface area (Å²) in [6, 6.07) is 2.91. The molecule has 16 heavy (non-hydrogen) atoms. The van der Waals surface area contributed by atoms with Crippen LogP contribution in [0.4, 0.5) is 0 Å². The average Bonchev–Trinajstić information content (AvgIpc) is 2.74. The fraction of sp³-hybridized carbons (Fsp3) is 0.667. The van der Waals surface area contributed by atoms with Gasteiger partial charge in [-0.25, -0.2) is 0 Å². The van der Waals surface area contributed by atoms with Gasteiger partial charge in [-0.2, -0.15) is 0 Å². The first kappa shape index (κ1) is 12.6. The van der Waals surface area contributed by atoms with Crippen molar-refractivity contribution in [2.45, 2.75) is 25.8 Å². The summed E-state index contributed by atoms with van der Waals surface area (Å²) in [5, 5.41) is 5.62. The summed E-state index contributed by atoms with van der Waals surface area (Å²) in [4.78, 5) is 4.13. The maximum absolute atomic E-state index is 3.56. The van der Waals surface area contributed by atoms with Crippen molar-refractivity contribution in [3.8, 4) is 0 Å². The molecule has 4 heteroatoms. The van der Waals surface area contributed by atoms with E-state index in [9.17, 15) is 0 Å². The Morgan fingerprint density at radius 1 is 1.50 bits per heavy atom.